The third-order valence-electron chi connectivity index (χ3n) is 1.95. The van der Waals surface area contributed by atoms with Crippen molar-refractivity contribution in [2.75, 3.05) is 13.1 Å². The number of nitrogens with one attached hydrogen (secondary N) is 1. The molecule has 1 aromatic rings. The van der Waals surface area contributed by atoms with Crippen LogP contribution in [0.3, 0.4) is 0 Å². The number of thiazole rings is 1. The number of nitrogens with two attached hydrogens (primary N) is 1. The topological polar surface area (TPSA) is 68.0 Å². The number of hydrogen-bond acceptors (Lipinski definition) is 4. The zero-order valence-electron chi connectivity index (χ0n) is 9.13. The van der Waals surface area contributed by atoms with Crippen molar-refractivity contribution in [2.45, 2.75) is 18.8 Å². The van der Waals surface area contributed by atoms with Gasteiger partial charge in [0, 0.05) is 11.8 Å². The molecule has 0 saturated carbocycles. The van der Waals surface area contributed by atoms with Crippen molar-refractivity contribution in [1.29, 1.82) is 0 Å². The molecule has 102 valence electrons. The molecule has 0 fully saturated rings. The fourth-order valence-corrected chi connectivity index (χ4v) is 1.81. The average Bonchev–Trinajstić information content (AvgIpc) is 2.75. The van der Waals surface area contributed by atoms with E-state index in [1.165, 1.54) is 5.38 Å². The molecule has 1 aromatic heterocycles. The van der Waals surface area contributed by atoms with Crippen LogP contribution in [0, 0.1) is 0 Å². The number of carbonyl (C=O) groups is 1. The Kier molecular flexibility index (Phi) is 5.03. The monoisotopic (exact) mass is 285 g/mol. The van der Waals surface area contributed by atoms with Gasteiger partial charge in [-0.15, -0.1) is 11.3 Å². The van der Waals surface area contributed by atoms with Gasteiger partial charge in [-0.25, -0.2) is 13.8 Å². The zero-order chi connectivity index (χ0) is 13.8. The second kappa shape index (κ2) is 6.10. The summed E-state index contributed by atoms with van der Waals surface area (Å²) in [6, 6.07) is 0. The second-order valence-electron chi connectivity index (χ2n) is 3.41. The predicted octanol–water partition coefficient (Wildman–Crippen LogP) is 1.27. The SMILES string of the molecule is NCCc1nc(C(=O)NCC(F)(F)C(F)F)cs1. The summed E-state index contributed by atoms with van der Waals surface area (Å²) < 4.78 is 48.8. The van der Waals surface area contributed by atoms with Gasteiger partial charge in [-0.3, -0.25) is 4.79 Å². The Hall–Kier alpha value is -1.22. The average molecular weight is 285 g/mol. The summed E-state index contributed by atoms with van der Waals surface area (Å²) >= 11 is 1.15. The van der Waals surface area contributed by atoms with Gasteiger partial charge >= 0.3 is 12.3 Å². The molecular formula is C9H11F4N3OS. The molecule has 1 heterocycles. The van der Waals surface area contributed by atoms with Crippen LogP contribution in [0.4, 0.5) is 17.6 Å². The van der Waals surface area contributed by atoms with E-state index in [2.05, 4.69) is 4.98 Å². The molecule has 1 rings (SSSR count). The van der Waals surface area contributed by atoms with Crippen LogP contribution in [0.5, 0.6) is 0 Å². The molecule has 0 atom stereocenters. The summed E-state index contributed by atoms with van der Waals surface area (Å²) in [6.45, 7) is -1.08. The van der Waals surface area contributed by atoms with Crippen LogP contribution < -0.4 is 11.1 Å². The first kappa shape index (κ1) is 14.8. The van der Waals surface area contributed by atoms with E-state index in [1.807, 2.05) is 0 Å². The molecule has 0 spiro atoms. The predicted molar refractivity (Wildman–Crippen MR) is 58.2 cm³/mol. The van der Waals surface area contributed by atoms with Gasteiger partial charge in [0.05, 0.1) is 11.6 Å². The number of alkyl halides is 4. The Morgan fingerprint density at radius 1 is 1.56 bits per heavy atom. The molecule has 0 unspecified atom stereocenters. The Labute approximate surface area is 104 Å². The minimum absolute atomic E-state index is 0.0754. The maximum atomic E-state index is 12.5. The number of amides is 1. The van der Waals surface area contributed by atoms with Gasteiger partial charge in [-0.05, 0) is 6.54 Å². The minimum Gasteiger partial charge on any atom is -0.344 e. The molecule has 4 nitrogen and oxygen atoms in total. The first-order chi connectivity index (χ1) is 8.36. The minimum atomic E-state index is -4.24. The lowest BCUT2D eigenvalue weighted by Crippen LogP contribution is -2.41. The first-order valence-electron chi connectivity index (χ1n) is 4.95. The summed E-state index contributed by atoms with van der Waals surface area (Å²) in [7, 11) is 0. The van der Waals surface area contributed by atoms with Gasteiger partial charge < -0.3 is 11.1 Å². The second-order valence-corrected chi connectivity index (χ2v) is 4.35. The fraction of sp³-hybridized carbons (Fsp3) is 0.556. The lowest BCUT2D eigenvalue weighted by Gasteiger charge is -2.15. The van der Waals surface area contributed by atoms with Crippen molar-refractivity contribution in [2.24, 2.45) is 5.73 Å². The summed E-state index contributed by atoms with van der Waals surface area (Å²) in [4.78, 5) is 15.2. The van der Waals surface area contributed by atoms with Crippen molar-refractivity contribution in [3.05, 3.63) is 16.1 Å². The van der Waals surface area contributed by atoms with Crippen LogP contribution in [0.25, 0.3) is 0 Å². The lowest BCUT2D eigenvalue weighted by molar-refractivity contribution is -0.123. The molecular weight excluding hydrogens is 274 g/mol. The van der Waals surface area contributed by atoms with Crippen molar-refractivity contribution in [3.63, 3.8) is 0 Å². The summed E-state index contributed by atoms with van der Waals surface area (Å²) in [5.74, 6) is -5.15. The van der Waals surface area contributed by atoms with E-state index in [0.29, 0.717) is 18.0 Å². The molecule has 0 saturated heterocycles. The van der Waals surface area contributed by atoms with Crippen molar-refractivity contribution < 1.29 is 22.4 Å². The Balaban J connectivity index is 2.55. The highest BCUT2D eigenvalue weighted by molar-refractivity contribution is 7.09. The van der Waals surface area contributed by atoms with E-state index in [0.717, 1.165) is 11.3 Å². The van der Waals surface area contributed by atoms with Crippen LogP contribution in [0.1, 0.15) is 15.5 Å². The van der Waals surface area contributed by atoms with E-state index < -0.39 is 24.8 Å². The highest BCUT2D eigenvalue weighted by Gasteiger charge is 2.40. The van der Waals surface area contributed by atoms with Gasteiger partial charge in [0.2, 0.25) is 0 Å². The third-order valence-corrected chi connectivity index (χ3v) is 2.86. The van der Waals surface area contributed by atoms with Crippen LogP contribution in [-0.2, 0) is 6.42 Å². The van der Waals surface area contributed by atoms with Crippen molar-refractivity contribution in [1.82, 2.24) is 10.3 Å². The van der Waals surface area contributed by atoms with Gasteiger partial charge in [0.25, 0.3) is 5.91 Å². The highest BCUT2D eigenvalue weighted by atomic mass is 32.1. The van der Waals surface area contributed by atoms with Crippen molar-refractivity contribution in [3.8, 4) is 0 Å². The highest BCUT2D eigenvalue weighted by Crippen LogP contribution is 2.21. The number of rotatable bonds is 6. The maximum Gasteiger partial charge on any atom is 0.324 e. The molecule has 18 heavy (non-hydrogen) atoms. The smallest absolute Gasteiger partial charge is 0.324 e. The van der Waals surface area contributed by atoms with E-state index in [1.54, 1.807) is 5.32 Å². The summed E-state index contributed by atoms with van der Waals surface area (Å²) in [6.07, 6.45) is -3.36. The first-order valence-corrected chi connectivity index (χ1v) is 5.83. The quantitative estimate of drug-likeness (QED) is 0.774. The van der Waals surface area contributed by atoms with Crippen LogP contribution >= 0.6 is 11.3 Å². The van der Waals surface area contributed by atoms with Gasteiger partial charge in [-0.1, -0.05) is 0 Å². The fourth-order valence-electron chi connectivity index (χ4n) is 1.02. The number of aromatic nitrogens is 1. The molecule has 0 aliphatic carbocycles. The zero-order valence-corrected chi connectivity index (χ0v) is 9.95. The van der Waals surface area contributed by atoms with E-state index in [-0.39, 0.29) is 5.69 Å². The van der Waals surface area contributed by atoms with E-state index >= 15 is 0 Å². The van der Waals surface area contributed by atoms with Crippen molar-refractivity contribution >= 4 is 17.2 Å². The normalized spacial score (nSPS) is 11.9. The Morgan fingerprint density at radius 3 is 2.78 bits per heavy atom. The van der Waals surface area contributed by atoms with Crippen LogP contribution in [0.2, 0.25) is 0 Å². The number of halogens is 4. The number of carbonyl (C=O) groups excluding carboxylic acids is 1. The Bertz CT molecular complexity index is 410. The molecule has 0 radical (unpaired) electrons. The number of hydrogen-bond donors (Lipinski definition) is 2. The van der Waals surface area contributed by atoms with E-state index in [9.17, 15) is 22.4 Å². The molecule has 0 aliphatic rings. The molecule has 0 aliphatic heterocycles. The largest absolute Gasteiger partial charge is 0.344 e. The molecule has 0 bridgehead atoms. The molecule has 9 heteroatoms. The summed E-state index contributed by atoms with van der Waals surface area (Å²) in [5.41, 5.74) is 5.20. The van der Waals surface area contributed by atoms with Gasteiger partial charge in [-0.2, -0.15) is 8.78 Å². The van der Waals surface area contributed by atoms with Crippen LogP contribution in [0.15, 0.2) is 5.38 Å². The molecule has 1 amide bonds. The number of nitrogens with zero attached hydrogens (tertiary/aromatic N) is 1. The maximum absolute atomic E-state index is 12.5. The lowest BCUT2D eigenvalue weighted by atomic mass is 10.3. The van der Waals surface area contributed by atoms with E-state index in [4.69, 9.17) is 5.73 Å². The van der Waals surface area contributed by atoms with Gasteiger partial charge in [0.15, 0.2) is 0 Å². The van der Waals surface area contributed by atoms with Gasteiger partial charge in [0.1, 0.15) is 5.69 Å². The standard InChI is InChI=1S/C9H11F4N3OS/c10-8(11)9(12,13)4-15-7(17)5-3-18-6(16-5)1-2-14/h3,8H,1-2,4,14H2,(H,15,17). The molecule has 0 aromatic carbocycles. The Morgan fingerprint density at radius 2 is 2.22 bits per heavy atom. The molecule has 3 N–H and O–H groups in total. The summed E-state index contributed by atoms with van der Waals surface area (Å²) in [5, 5.41) is 3.67. The van der Waals surface area contributed by atoms with Crippen LogP contribution in [-0.4, -0.2) is 36.3 Å². The third kappa shape index (κ3) is 3.91.